The predicted octanol–water partition coefficient (Wildman–Crippen LogP) is 1.19. The van der Waals surface area contributed by atoms with Crippen molar-refractivity contribution in [1.29, 1.82) is 0 Å². The second-order valence-corrected chi connectivity index (χ2v) is 5.23. The molecule has 0 aromatic carbocycles. The number of hydrogen-bond acceptors (Lipinski definition) is 5. The van der Waals surface area contributed by atoms with Crippen molar-refractivity contribution in [3.05, 3.63) is 11.3 Å². The minimum Gasteiger partial charge on any atom is -0.382 e. The summed E-state index contributed by atoms with van der Waals surface area (Å²) in [5.74, 6) is 1.08. The predicted molar refractivity (Wildman–Crippen MR) is 74.8 cm³/mol. The first-order valence-corrected chi connectivity index (χ1v) is 6.75. The average Bonchev–Trinajstić information content (AvgIpc) is 2.58. The van der Waals surface area contributed by atoms with Crippen molar-refractivity contribution in [3.8, 4) is 0 Å². The Labute approximate surface area is 117 Å². The smallest absolute Gasteiger partial charge is 0.217 e. The molecule has 1 saturated heterocycles. The van der Waals surface area contributed by atoms with Crippen LogP contribution in [-0.2, 0) is 4.79 Å². The zero-order valence-corrected chi connectivity index (χ0v) is 11.4. The van der Waals surface area contributed by atoms with Gasteiger partial charge in [-0.3, -0.25) is 4.79 Å². The van der Waals surface area contributed by atoms with E-state index in [4.69, 9.17) is 23.1 Å². The van der Waals surface area contributed by atoms with Gasteiger partial charge in [0.05, 0.1) is 0 Å². The summed E-state index contributed by atoms with van der Waals surface area (Å²) in [5, 5.41) is 0.399. The van der Waals surface area contributed by atoms with Crippen LogP contribution in [-0.4, -0.2) is 29.0 Å². The number of carbonyl (C=O) groups excluding carboxylic acids is 1. The number of nitrogen functional groups attached to an aromatic ring is 1. The SMILES string of the molecule is NC(=O)CC1CCCN(c2ncnc(N)c2Cl)CC1. The highest BCUT2D eigenvalue weighted by atomic mass is 35.5. The van der Waals surface area contributed by atoms with Crippen molar-refractivity contribution in [2.45, 2.75) is 25.7 Å². The summed E-state index contributed by atoms with van der Waals surface area (Å²) in [4.78, 5) is 21.1. The molecule has 1 aliphatic rings. The number of nitrogens with two attached hydrogens (primary N) is 2. The molecule has 4 N–H and O–H groups in total. The number of halogens is 1. The van der Waals surface area contributed by atoms with Gasteiger partial charge in [0.2, 0.25) is 5.91 Å². The van der Waals surface area contributed by atoms with Gasteiger partial charge in [0.1, 0.15) is 17.2 Å². The summed E-state index contributed by atoms with van der Waals surface area (Å²) in [7, 11) is 0. The van der Waals surface area contributed by atoms with Crippen LogP contribution in [0.1, 0.15) is 25.7 Å². The molecule has 1 unspecified atom stereocenters. The minimum atomic E-state index is -0.234. The molecule has 6 nitrogen and oxygen atoms in total. The first-order chi connectivity index (χ1) is 9.08. The van der Waals surface area contributed by atoms with Gasteiger partial charge in [-0.1, -0.05) is 11.6 Å². The van der Waals surface area contributed by atoms with Crippen LogP contribution in [0.5, 0.6) is 0 Å². The lowest BCUT2D eigenvalue weighted by Crippen LogP contribution is -2.26. The van der Waals surface area contributed by atoms with Gasteiger partial charge < -0.3 is 16.4 Å². The summed E-state index contributed by atoms with van der Waals surface area (Å²) in [5.41, 5.74) is 10.9. The Kier molecular flexibility index (Phi) is 4.42. The second kappa shape index (κ2) is 6.06. The van der Waals surface area contributed by atoms with Gasteiger partial charge in [-0.25, -0.2) is 9.97 Å². The topological polar surface area (TPSA) is 98.1 Å². The van der Waals surface area contributed by atoms with E-state index >= 15 is 0 Å². The van der Waals surface area contributed by atoms with E-state index in [1.54, 1.807) is 0 Å². The molecular formula is C12H18ClN5O. The van der Waals surface area contributed by atoms with Gasteiger partial charge in [0.15, 0.2) is 5.82 Å². The average molecular weight is 284 g/mol. The first-order valence-electron chi connectivity index (χ1n) is 6.37. The van der Waals surface area contributed by atoms with E-state index in [0.29, 0.717) is 29.0 Å². The number of nitrogens with zero attached hydrogens (tertiary/aromatic N) is 3. The third kappa shape index (κ3) is 3.47. The van der Waals surface area contributed by atoms with Crippen LogP contribution < -0.4 is 16.4 Å². The van der Waals surface area contributed by atoms with Crippen LogP contribution >= 0.6 is 11.6 Å². The van der Waals surface area contributed by atoms with E-state index in [1.807, 2.05) is 0 Å². The van der Waals surface area contributed by atoms with Crippen molar-refractivity contribution in [2.24, 2.45) is 11.7 Å². The molecule has 1 aromatic rings. The molecule has 0 spiro atoms. The molecule has 1 amide bonds. The summed E-state index contributed by atoms with van der Waals surface area (Å²) < 4.78 is 0. The molecule has 104 valence electrons. The largest absolute Gasteiger partial charge is 0.382 e. The van der Waals surface area contributed by atoms with Crippen LogP contribution in [0.4, 0.5) is 11.6 Å². The fraction of sp³-hybridized carbons (Fsp3) is 0.583. The lowest BCUT2D eigenvalue weighted by molar-refractivity contribution is -0.118. The molecule has 2 heterocycles. The summed E-state index contributed by atoms with van der Waals surface area (Å²) in [6, 6.07) is 0. The van der Waals surface area contributed by atoms with E-state index in [-0.39, 0.29) is 5.91 Å². The maximum absolute atomic E-state index is 11.0. The lowest BCUT2D eigenvalue weighted by Gasteiger charge is -2.22. The number of primary amides is 1. The Hall–Kier alpha value is -1.56. The van der Waals surface area contributed by atoms with E-state index in [0.717, 1.165) is 32.4 Å². The summed E-state index contributed by atoms with van der Waals surface area (Å²) in [6.45, 7) is 1.65. The second-order valence-electron chi connectivity index (χ2n) is 4.85. The third-order valence-electron chi connectivity index (χ3n) is 3.44. The number of carbonyl (C=O) groups is 1. The molecule has 1 aromatic heterocycles. The Morgan fingerprint density at radius 2 is 2.21 bits per heavy atom. The van der Waals surface area contributed by atoms with Crippen LogP contribution in [0.15, 0.2) is 6.33 Å². The molecule has 0 bridgehead atoms. The Bertz CT molecular complexity index is 467. The maximum atomic E-state index is 11.0. The van der Waals surface area contributed by atoms with E-state index in [9.17, 15) is 4.79 Å². The van der Waals surface area contributed by atoms with Crippen molar-refractivity contribution in [3.63, 3.8) is 0 Å². The van der Waals surface area contributed by atoms with E-state index in [1.165, 1.54) is 6.33 Å². The van der Waals surface area contributed by atoms with Crippen molar-refractivity contribution < 1.29 is 4.79 Å². The monoisotopic (exact) mass is 283 g/mol. The molecule has 1 atom stereocenters. The van der Waals surface area contributed by atoms with Crippen molar-refractivity contribution in [1.82, 2.24) is 9.97 Å². The van der Waals surface area contributed by atoms with Gasteiger partial charge in [0.25, 0.3) is 0 Å². The number of hydrogen-bond donors (Lipinski definition) is 2. The molecule has 7 heteroatoms. The lowest BCUT2D eigenvalue weighted by atomic mass is 9.97. The summed E-state index contributed by atoms with van der Waals surface area (Å²) in [6.07, 6.45) is 4.76. The Balaban J connectivity index is 2.06. The molecule has 1 aliphatic heterocycles. The molecule has 0 radical (unpaired) electrons. The molecular weight excluding hydrogens is 266 g/mol. The number of aromatic nitrogens is 2. The van der Waals surface area contributed by atoms with Gasteiger partial charge in [-0.2, -0.15) is 0 Å². The molecule has 0 saturated carbocycles. The Morgan fingerprint density at radius 1 is 1.42 bits per heavy atom. The minimum absolute atomic E-state index is 0.234. The van der Waals surface area contributed by atoms with Crippen LogP contribution in [0.25, 0.3) is 0 Å². The maximum Gasteiger partial charge on any atom is 0.217 e. The van der Waals surface area contributed by atoms with Gasteiger partial charge >= 0.3 is 0 Å². The highest BCUT2D eigenvalue weighted by Gasteiger charge is 2.21. The highest BCUT2D eigenvalue weighted by molar-refractivity contribution is 6.35. The van der Waals surface area contributed by atoms with Gasteiger partial charge in [-0.15, -0.1) is 0 Å². The highest BCUT2D eigenvalue weighted by Crippen LogP contribution is 2.30. The van der Waals surface area contributed by atoms with Gasteiger partial charge in [-0.05, 0) is 25.2 Å². The van der Waals surface area contributed by atoms with Crippen LogP contribution in [0.3, 0.4) is 0 Å². The zero-order valence-electron chi connectivity index (χ0n) is 10.7. The number of anilines is 2. The number of amides is 1. The van der Waals surface area contributed by atoms with Crippen LogP contribution in [0, 0.1) is 5.92 Å². The summed E-state index contributed by atoms with van der Waals surface area (Å²) >= 11 is 6.13. The molecule has 0 aliphatic carbocycles. The molecule has 2 rings (SSSR count). The Morgan fingerprint density at radius 3 is 2.95 bits per heavy atom. The fourth-order valence-electron chi connectivity index (χ4n) is 2.46. The molecule has 19 heavy (non-hydrogen) atoms. The fourth-order valence-corrected chi connectivity index (χ4v) is 2.68. The molecule has 1 fully saturated rings. The third-order valence-corrected chi connectivity index (χ3v) is 3.80. The van der Waals surface area contributed by atoms with Crippen molar-refractivity contribution in [2.75, 3.05) is 23.7 Å². The standard InChI is InChI=1S/C12H18ClN5O/c13-10-11(15)16-7-17-12(10)18-4-1-2-8(3-5-18)6-9(14)19/h7-8H,1-6H2,(H2,14,19)(H2,15,16,17). The first kappa shape index (κ1) is 13.9. The van der Waals surface area contributed by atoms with Gasteiger partial charge in [0, 0.05) is 19.5 Å². The quantitative estimate of drug-likeness (QED) is 0.868. The van der Waals surface area contributed by atoms with E-state index < -0.39 is 0 Å². The normalized spacial score (nSPS) is 20.1. The number of rotatable bonds is 3. The van der Waals surface area contributed by atoms with Crippen molar-refractivity contribution >= 4 is 29.1 Å². The zero-order chi connectivity index (χ0) is 13.8. The van der Waals surface area contributed by atoms with Crippen LogP contribution in [0.2, 0.25) is 5.02 Å². The van der Waals surface area contributed by atoms with E-state index in [2.05, 4.69) is 14.9 Å².